The topological polar surface area (TPSA) is 91.8 Å². The van der Waals surface area contributed by atoms with E-state index in [1.807, 2.05) is 25.1 Å². The normalized spacial score (nSPS) is 10.1. The quantitative estimate of drug-likeness (QED) is 0.685. The van der Waals surface area contributed by atoms with Gasteiger partial charge in [0.05, 0.1) is 18.8 Å². The third-order valence-corrected chi connectivity index (χ3v) is 2.50. The zero-order valence-electron chi connectivity index (χ0n) is 11.4. The number of nitrogens with one attached hydrogen (secondary N) is 1. The smallest absolute Gasteiger partial charge is 0.329 e. The molecule has 0 bridgehead atoms. The summed E-state index contributed by atoms with van der Waals surface area (Å²) in [4.78, 5) is 27.9. The number of carboxylic acids is 1. The second-order valence-corrected chi connectivity index (χ2v) is 4.01. The summed E-state index contributed by atoms with van der Waals surface area (Å²) in [6, 6.07) is 5.32. The summed E-state index contributed by atoms with van der Waals surface area (Å²) in [5, 5.41) is 11.1. The number of nitrogens with zero attached hydrogens (tertiary/aromatic N) is 2. The van der Waals surface area contributed by atoms with E-state index < -0.39 is 5.97 Å². The number of carbonyl (C=O) groups is 2. The van der Waals surface area contributed by atoms with Gasteiger partial charge >= 0.3 is 12.0 Å². The molecule has 0 aromatic carbocycles. The Morgan fingerprint density at radius 3 is 2.85 bits per heavy atom. The van der Waals surface area contributed by atoms with Crippen molar-refractivity contribution < 1.29 is 19.4 Å². The molecule has 7 nitrogen and oxygen atoms in total. The first-order valence-corrected chi connectivity index (χ1v) is 6.35. The molecule has 2 amide bonds. The lowest BCUT2D eigenvalue weighted by atomic mass is 10.3. The fraction of sp³-hybridized carbons (Fsp3) is 0.462. The Bertz CT molecular complexity index is 425. The molecule has 0 saturated heterocycles. The Hall–Kier alpha value is -2.15. The van der Waals surface area contributed by atoms with Gasteiger partial charge in [0, 0.05) is 19.3 Å². The van der Waals surface area contributed by atoms with Crippen molar-refractivity contribution in [3.8, 4) is 0 Å². The number of hydrogen-bond donors (Lipinski definition) is 2. The van der Waals surface area contributed by atoms with Crippen LogP contribution in [0.25, 0.3) is 0 Å². The van der Waals surface area contributed by atoms with Gasteiger partial charge in [-0.15, -0.1) is 0 Å². The van der Waals surface area contributed by atoms with Crippen molar-refractivity contribution in [2.75, 3.05) is 26.3 Å². The van der Waals surface area contributed by atoms with Crippen LogP contribution in [0.5, 0.6) is 0 Å². The lowest BCUT2D eigenvalue weighted by molar-refractivity contribution is -0.142. The van der Waals surface area contributed by atoms with E-state index in [0.29, 0.717) is 13.1 Å². The molecule has 0 unspecified atom stereocenters. The summed E-state index contributed by atoms with van der Waals surface area (Å²) in [7, 11) is 0. The summed E-state index contributed by atoms with van der Waals surface area (Å²) >= 11 is 0. The van der Waals surface area contributed by atoms with Crippen molar-refractivity contribution in [3.63, 3.8) is 0 Å². The van der Waals surface area contributed by atoms with Crippen molar-refractivity contribution >= 4 is 12.0 Å². The van der Waals surface area contributed by atoms with E-state index in [0.717, 1.165) is 5.69 Å². The number of pyridine rings is 1. The summed E-state index contributed by atoms with van der Waals surface area (Å²) in [6.45, 7) is 2.94. The highest BCUT2D eigenvalue weighted by Crippen LogP contribution is 2.00. The maximum absolute atomic E-state index is 11.9. The standard InChI is InChI=1S/C13H19N3O4/c1-2-16(9-11-5-3-4-6-14-11)13(19)15-7-8-20-10-12(17)18/h3-6H,2,7-10H2,1H3,(H,15,19)(H,17,18). The van der Waals surface area contributed by atoms with Gasteiger partial charge in [0.2, 0.25) is 0 Å². The average Bonchev–Trinajstić information content (AvgIpc) is 2.45. The van der Waals surface area contributed by atoms with E-state index in [2.05, 4.69) is 10.3 Å². The molecule has 1 aromatic heterocycles. The Kier molecular flexibility index (Phi) is 7.05. The van der Waals surface area contributed by atoms with Gasteiger partial charge in [-0.05, 0) is 19.1 Å². The number of aliphatic carboxylic acids is 1. The van der Waals surface area contributed by atoms with Crippen LogP contribution in [0.3, 0.4) is 0 Å². The molecule has 110 valence electrons. The van der Waals surface area contributed by atoms with E-state index in [-0.39, 0.29) is 25.8 Å². The van der Waals surface area contributed by atoms with Crippen LogP contribution >= 0.6 is 0 Å². The lowest BCUT2D eigenvalue weighted by Crippen LogP contribution is -2.41. The summed E-state index contributed by atoms with van der Waals surface area (Å²) < 4.78 is 4.83. The molecule has 0 aliphatic rings. The minimum Gasteiger partial charge on any atom is -0.480 e. The first-order valence-electron chi connectivity index (χ1n) is 6.35. The van der Waals surface area contributed by atoms with E-state index in [4.69, 9.17) is 9.84 Å². The molecule has 2 N–H and O–H groups in total. The molecule has 0 spiro atoms. The van der Waals surface area contributed by atoms with Gasteiger partial charge in [0.1, 0.15) is 6.61 Å². The molecular formula is C13H19N3O4. The third kappa shape index (κ3) is 6.14. The van der Waals surface area contributed by atoms with E-state index in [1.165, 1.54) is 0 Å². The van der Waals surface area contributed by atoms with Crippen LogP contribution in [-0.4, -0.2) is 53.3 Å². The van der Waals surface area contributed by atoms with Gasteiger partial charge in [-0.25, -0.2) is 9.59 Å². The van der Waals surface area contributed by atoms with Crippen LogP contribution in [0.4, 0.5) is 4.79 Å². The zero-order valence-corrected chi connectivity index (χ0v) is 11.4. The molecule has 7 heteroatoms. The van der Waals surface area contributed by atoms with Crippen molar-refractivity contribution in [1.82, 2.24) is 15.2 Å². The highest BCUT2D eigenvalue weighted by Gasteiger charge is 2.11. The van der Waals surface area contributed by atoms with E-state index >= 15 is 0 Å². The number of urea groups is 1. The maximum atomic E-state index is 11.9. The summed E-state index contributed by atoms with van der Waals surface area (Å²) in [6.07, 6.45) is 1.68. The van der Waals surface area contributed by atoms with Gasteiger partial charge in [0.25, 0.3) is 0 Å². The largest absolute Gasteiger partial charge is 0.480 e. The van der Waals surface area contributed by atoms with E-state index in [9.17, 15) is 9.59 Å². The predicted molar refractivity (Wildman–Crippen MR) is 72.2 cm³/mol. The molecular weight excluding hydrogens is 262 g/mol. The lowest BCUT2D eigenvalue weighted by Gasteiger charge is -2.20. The first kappa shape index (κ1) is 15.9. The fourth-order valence-electron chi connectivity index (χ4n) is 1.52. The molecule has 1 heterocycles. The molecule has 0 radical (unpaired) electrons. The van der Waals surface area contributed by atoms with Crippen molar-refractivity contribution in [3.05, 3.63) is 30.1 Å². The van der Waals surface area contributed by atoms with Crippen molar-refractivity contribution in [1.29, 1.82) is 0 Å². The molecule has 1 aromatic rings. The number of amides is 2. The van der Waals surface area contributed by atoms with Crippen LogP contribution in [0, 0.1) is 0 Å². The second kappa shape index (κ2) is 8.87. The Balaban J connectivity index is 2.30. The number of rotatable bonds is 8. The minimum atomic E-state index is -1.03. The maximum Gasteiger partial charge on any atom is 0.329 e. The number of hydrogen-bond acceptors (Lipinski definition) is 4. The molecule has 1 rings (SSSR count). The van der Waals surface area contributed by atoms with Gasteiger partial charge in [0.15, 0.2) is 0 Å². The van der Waals surface area contributed by atoms with Crippen molar-refractivity contribution in [2.45, 2.75) is 13.5 Å². The Labute approximate surface area is 117 Å². The highest BCUT2D eigenvalue weighted by atomic mass is 16.5. The summed E-state index contributed by atoms with van der Waals surface area (Å²) in [5.41, 5.74) is 0.812. The van der Waals surface area contributed by atoms with Crippen LogP contribution in [0.1, 0.15) is 12.6 Å². The van der Waals surface area contributed by atoms with Gasteiger partial charge in [-0.3, -0.25) is 4.98 Å². The molecule has 0 aliphatic carbocycles. The van der Waals surface area contributed by atoms with Crippen LogP contribution in [0.2, 0.25) is 0 Å². The predicted octanol–water partition coefficient (Wildman–Crippen LogP) is 0.714. The molecule has 0 aliphatic heterocycles. The van der Waals surface area contributed by atoms with Crippen LogP contribution in [-0.2, 0) is 16.1 Å². The third-order valence-electron chi connectivity index (χ3n) is 2.50. The van der Waals surface area contributed by atoms with E-state index in [1.54, 1.807) is 11.1 Å². The monoisotopic (exact) mass is 281 g/mol. The molecule has 0 atom stereocenters. The average molecular weight is 281 g/mol. The van der Waals surface area contributed by atoms with Gasteiger partial charge in [-0.2, -0.15) is 0 Å². The number of aromatic nitrogens is 1. The Morgan fingerprint density at radius 1 is 1.45 bits per heavy atom. The molecule has 0 saturated carbocycles. The first-order chi connectivity index (χ1) is 9.63. The van der Waals surface area contributed by atoms with Gasteiger partial charge < -0.3 is 20.1 Å². The minimum absolute atomic E-state index is 0.166. The fourth-order valence-corrected chi connectivity index (χ4v) is 1.52. The van der Waals surface area contributed by atoms with Crippen LogP contribution < -0.4 is 5.32 Å². The van der Waals surface area contributed by atoms with Crippen LogP contribution in [0.15, 0.2) is 24.4 Å². The Morgan fingerprint density at radius 2 is 2.25 bits per heavy atom. The highest BCUT2D eigenvalue weighted by molar-refractivity contribution is 5.74. The summed E-state index contributed by atoms with van der Waals surface area (Å²) in [5.74, 6) is -1.03. The number of carbonyl (C=O) groups excluding carboxylic acids is 1. The SMILES string of the molecule is CCN(Cc1ccccn1)C(=O)NCCOCC(=O)O. The second-order valence-electron chi connectivity index (χ2n) is 4.01. The zero-order chi connectivity index (χ0) is 14.8. The molecule has 0 fully saturated rings. The van der Waals surface area contributed by atoms with Crippen molar-refractivity contribution in [2.24, 2.45) is 0 Å². The molecule has 20 heavy (non-hydrogen) atoms. The van der Waals surface area contributed by atoms with Gasteiger partial charge in [-0.1, -0.05) is 6.07 Å². The number of carboxylic acid groups (broad SMARTS) is 1. The number of ether oxygens (including phenoxy) is 1.